The standard InChI is InChI=1S/C8H15NO4/c1-2-4-7(12)8(13)6(9-4)5(11)3-10/h2,4-13H,1,3H2/t4-,5+,6+,7-,8+/m1/s1. The topological polar surface area (TPSA) is 93.0 Å². The van der Waals surface area contributed by atoms with E-state index in [1.54, 1.807) is 0 Å². The predicted molar refractivity (Wildman–Crippen MR) is 46.0 cm³/mol. The number of aliphatic hydroxyl groups excluding tert-OH is 4. The lowest BCUT2D eigenvalue weighted by molar-refractivity contribution is -0.0115. The third-order valence-corrected chi connectivity index (χ3v) is 2.33. The van der Waals surface area contributed by atoms with Gasteiger partial charge in [-0.3, -0.25) is 0 Å². The largest absolute Gasteiger partial charge is 0.394 e. The maximum absolute atomic E-state index is 9.43. The van der Waals surface area contributed by atoms with Gasteiger partial charge in [-0.2, -0.15) is 0 Å². The van der Waals surface area contributed by atoms with Gasteiger partial charge in [0, 0.05) is 0 Å². The van der Waals surface area contributed by atoms with Crippen LogP contribution in [0.4, 0.5) is 0 Å². The van der Waals surface area contributed by atoms with E-state index in [-0.39, 0.29) is 0 Å². The molecule has 5 heteroatoms. The third kappa shape index (κ3) is 1.90. The van der Waals surface area contributed by atoms with E-state index in [1.807, 2.05) is 0 Å². The summed E-state index contributed by atoms with van der Waals surface area (Å²) < 4.78 is 0. The number of hydrogen-bond donors (Lipinski definition) is 5. The Hall–Kier alpha value is -0.460. The molecule has 0 saturated carbocycles. The fraction of sp³-hybridized carbons (Fsp3) is 0.750. The van der Waals surface area contributed by atoms with Crippen molar-refractivity contribution in [1.82, 2.24) is 5.32 Å². The van der Waals surface area contributed by atoms with E-state index in [0.29, 0.717) is 0 Å². The molecule has 0 radical (unpaired) electrons. The molecule has 0 aliphatic carbocycles. The second kappa shape index (κ2) is 4.17. The van der Waals surface area contributed by atoms with E-state index in [1.165, 1.54) is 6.08 Å². The first-order chi connectivity index (χ1) is 6.11. The van der Waals surface area contributed by atoms with Crippen LogP contribution in [0.25, 0.3) is 0 Å². The van der Waals surface area contributed by atoms with E-state index in [4.69, 9.17) is 5.11 Å². The molecule has 0 aromatic heterocycles. The van der Waals surface area contributed by atoms with Crippen molar-refractivity contribution in [1.29, 1.82) is 0 Å². The van der Waals surface area contributed by atoms with Gasteiger partial charge >= 0.3 is 0 Å². The Morgan fingerprint density at radius 1 is 1.38 bits per heavy atom. The van der Waals surface area contributed by atoms with E-state index in [2.05, 4.69) is 11.9 Å². The minimum Gasteiger partial charge on any atom is -0.394 e. The Labute approximate surface area is 76.3 Å². The molecule has 5 nitrogen and oxygen atoms in total. The van der Waals surface area contributed by atoms with Crippen LogP contribution in [0.15, 0.2) is 12.7 Å². The van der Waals surface area contributed by atoms with Gasteiger partial charge in [0.15, 0.2) is 0 Å². The zero-order valence-electron chi connectivity index (χ0n) is 7.17. The summed E-state index contributed by atoms with van der Waals surface area (Å²) in [5.41, 5.74) is 0. The Kier molecular flexibility index (Phi) is 3.40. The molecule has 76 valence electrons. The highest BCUT2D eigenvalue weighted by Crippen LogP contribution is 2.17. The quantitative estimate of drug-likeness (QED) is 0.319. The molecule has 1 saturated heterocycles. The van der Waals surface area contributed by atoms with Crippen molar-refractivity contribution in [2.45, 2.75) is 30.4 Å². The Morgan fingerprint density at radius 3 is 2.38 bits per heavy atom. The van der Waals surface area contributed by atoms with Crippen LogP contribution < -0.4 is 5.32 Å². The SMILES string of the molecule is C=C[C@H]1N[C@@H]([C@@H](O)CO)[C@H](O)[C@@H]1O. The number of aliphatic hydroxyl groups is 4. The Morgan fingerprint density at radius 2 is 2.00 bits per heavy atom. The minimum absolute atomic E-state index is 0.443. The summed E-state index contributed by atoms with van der Waals surface area (Å²) in [5.74, 6) is 0. The second-order valence-corrected chi connectivity index (χ2v) is 3.19. The van der Waals surface area contributed by atoms with Crippen LogP contribution in [-0.4, -0.2) is 57.4 Å². The highest BCUT2D eigenvalue weighted by atomic mass is 16.3. The molecule has 0 spiro atoms. The van der Waals surface area contributed by atoms with Gasteiger partial charge in [0.25, 0.3) is 0 Å². The second-order valence-electron chi connectivity index (χ2n) is 3.19. The molecular formula is C8H15NO4. The number of rotatable bonds is 3. The van der Waals surface area contributed by atoms with Crippen molar-refractivity contribution in [3.63, 3.8) is 0 Å². The molecular weight excluding hydrogens is 174 g/mol. The first-order valence-electron chi connectivity index (χ1n) is 4.15. The first-order valence-corrected chi connectivity index (χ1v) is 4.15. The lowest BCUT2D eigenvalue weighted by Gasteiger charge is -2.19. The maximum atomic E-state index is 9.43. The van der Waals surface area contributed by atoms with Crippen molar-refractivity contribution in [3.05, 3.63) is 12.7 Å². The van der Waals surface area contributed by atoms with Gasteiger partial charge in [0.05, 0.1) is 30.9 Å². The molecule has 5 N–H and O–H groups in total. The summed E-state index contributed by atoms with van der Waals surface area (Å²) in [6.45, 7) is 3.02. The lowest BCUT2D eigenvalue weighted by atomic mass is 10.0. The Bertz CT molecular complexity index is 187. The third-order valence-electron chi connectivity index (χ3n) is 2.33. The Balaban J connectivity index is 2.65. The first kappa shape index (κ1) is 10.6. The zero-order chi connectivity index (χ0) is 10.0. The highest BCUT2D eigenvalue weighted by Gasteiger charge is 2.42. The maximum Gasteiger partial charge on any atom is 0.100 e. The van der Waals surface area contributed by atoms with Crippen molar-refractivity contribution in [3.8, 4) is 0 Å². The monoisotopic (exact) mass is 189 g/mol. The molecule has 0 amide bonds. The molecule has 1 heterocycles. The van der Waals surface area contributed by atoms with Gasteiger partial charge in [-0.15, -0.1) is 6.58 Å². The smallest absolute Gasteiger partial charge is 0.100 e. The van der Waals surface area contributed by atoms with Gasteiger partial charge in [0.1, 0.15) is 6.10 Å². The van der Waals surface area contributed by atoms with Crippen molar-refractivity contribution in [2.24, 2.45) is 0 Å². The van der Waals surface area contributed by atoms with E-state index in [9.17, 15) is 15.3 Å². The average Bonchev–Trinajstić information content (AvgIpc) is 2.43. The summed E-state index contributed by atoms with van der Waals surface area (Å²) >= 11 is 0. The van der Waals surface area contributed by atoms with E-state index < -0.39 is 37.0 Å². The minimum atomic E-state index is -1.08. The molecule has 1 fully saturated rings. The van der Waals surface area contributed by atoms with Crippen LogP contribution in [0.2, 0.25) is 0 Å². The van der Waals surface area contributed by atoms with Crippen LogP contribution in [0.1, 0.15) is 0 Å². The molecule has 13 heavy (non-hydrogen) atoms. The molecule has 0 aromatic rings. The van der Waals surface area contributed by atoms with Gasteiger partial charge in [0.2, 0.25) is 0 Å². The normalized spacial score (nSPS) is 41.8. The summed E-state index contributed by atoms with van der Waals surface area (Å²) in [7, 11) is 0. The molecule has 1 aliphatic rings. The van der Waals surface area contributed by atoms with Gasteiger partial charge in [-0.05, 0) is 0 Å². The van der Waals surface area contributed by atoms with E-state index in [0.717, 1.165) is 0 Å². The van der Waals surface area contributed by atoms with Crippen molar-refractivity contribution >= 4 is 0 Å². The van der Waals surface area contributed by atoms with Crippen LogP contribution in [0.3, 0.4) is 0 Å². The summed E-state index contributed by atoms with van der Waals surface area (Å²) in [5, 5.41) is 39.5. The summed E-state index contributed by atoms with van der Waals surface area (Å²) in [4.78, 5) is 0. The summed E-state index contributed by atoms with van der Waals surface area (Å²) in [6, 6.07) is -1.15. The number of hydrogen-bond acceptors (Lipinski definition) is 5. The molecule has 1 aliphatic heterocycles. The highest BCUT2D eigenvalue weighted by molar-refractivity contribution is 5.07. The van der Waals surface area contributed by atoms with Crippen LogP contribution in [0, 0.1) is 0 Å². The van der Waals surface area contributed by atoms with Crippen LogP contribution in [-0.2, 0) is 0 Å². The van der Waals surface area contributed by atoms with Crippen molar-refractivity contribution in [2.75, 3.05) is 6.61 Å². The van der Waals surface area contributed by atoms with Gasteiger partial charge in [-0.25, -0.2) is 0 Å². The molecule has 0 aromatic carbocycles. The number of nitrogens with one attached hydrogen (secondary N) is 1. The molecule has 1 rings (SSSR count). The lowest BCUT2D eigenvalue weighted by Crippen LogP contribution is -2.45. The fourth-order valence-corrected chi connectivity index (χ4v) is 1.50. The molecule has 5 atom stereocenters. The van der Waals surface area contributed by atoms with Gasteiger partial charge < -0.3 is 25.7 Å². The summed E-state index contributed by atoms with van der Waals surface area (Å²) in [6.07, 6.45) is -1.68. The zero-order valence-corrected chi connectivity index (χ0v) is 7.17. The fourth-order valence-electron chi connectivity index (χ4n) is 1.50. The molecule has 0 unspecified atom stereocenters. The average molecular weight is 189 g/mol. The van der Waals surface area contributed by atoms with E-state index >= 15 is 0 Å². The van der Waals surface area contributed by atoms with Gasteiger partial charge in [-0.1, -0.05) is 6.08 Å². The molecule has 0 bridgehead atoms. The van der Waals surface area contributed by atoms with Crippen LogP contribution in [0.5, 0.6) is 0 Å². The predicted octanol–water partition coefficient (Wildman–Crippen LogP) is -2.41. The van der Waals surface area contributed by atoms with Crippen molar-refractivity contribution < 1.29 is 20.4 Å². The van der Waals surface area contributed by atoms with Crippen LogP contribution >= 0.6 is 0 Å².